The number of carbonyl (C=O) groups is 2. The Kier molecular flexibility index (Phi) is 14.3. The molecular weight excluding hydrogens is 244 g/mol. The molecule has 5 nitrogen and oxygen atoms in total. The second kappa shape index (κ2) is 7.28. The predicted molar refractivity (Wildman–Crippen MR) is 18.9 cm³/mol. The van der Waals surface area contributed by atoms with Crippen LogP contribution in [0.25, 0.3) is 0 Å². The molecule has 4 N–H and O–H groups in total. The second-order valence-electron chi connectivity index (χ2n) is 0.610. The van der Waals surface area contributed by atoms with E-state index in [0.717, 1.165) is 0 Å². The van der Waals surface area contributed by atoms with Gasteiger partial charge < -0.3 is 15.7 Å². The number of hydrogen-bond donors (Lipinski definition) is 2. The van der Waals surface area contributed by atoms with Crippen molar-refractivity contribution >= 4 is 11.9 Å². The Morgan fingerprint density at radius 3 is 1.12 bits per heavy atom. The van der Waals surface area contributed by atoms with Crippen LogP contribution < -0.4 is 0 Å². The van der Waals surface area contributed by atoms with Crippen LogP contribution >= 0.6 is 0 Å². The molecule has 0 saturated heterocycles. The summed E-state index contributed by atoms with van der Waals surface area (Å²) in [5.41, 5.74) is 0. The molecule has 46 valence electrons. The van der Waals surface area contributed by atoms with Crippen LogP contribution in [0.15, 0.2) is 0 Å². The van der Waals surface area contributed by atoms with Crippen LogP contribution in [-0.2, 0) is 9.59 Å². The van der Waals surface area contributed by atoms with E-state index in [-0.39, 0.29) is 47.2 Å². The Bertz CT molecular complexity index is 76.4. The molecule has 0 aromatic heterocycles. The van der Waals surface area contributed by atoms with E-state index in [0.29, 0.717) is 0 Å². The Morgan fingerprint density at radius 1 is 1.00 bits per heavy atom. The fraction of sp³-hybridized carbons (Fsp3) is 0. The summed E-state index contributed by atoms with van der Waals surface area (Å²) >= 11 is 0. The monoisotopic (exact) mass is 248 g/mol. The molecule has 0 unspecified atom stereocenters. The number of rotatable bonds is 0. The Morgan fingerprint density at radius 2 is 1.12 bits per heavy atom. The average Bonchev–Trinajstić information content (AvgIpc) is 1.36. The van der Waals surface area contributed by atoms with Gasteiger partial charge in [0, 0.05) is 41.7 Å². The van der Waals surface area contributed by atoms with Gasteiger partial charge in [-0.05, 0) is 0 Å². The largest absolute Gasteiger partial charge is 0.473 e. The quantitative estimate of drug-likeness (QED) is 0.500. The zero-order valence-corrected chi connectivity index (χ0v) is 6.85. The smallest absolute Gasteiger partial charge is 0.414 e. The zero-order valence-electron chi connectivity index (χ0n) is 3.71. The summed E-state index contributed by atoms with van der Waals surface area (Å²) in [6.07, 6.45) is 0. The first kappa shape index (κ1) is 15.7. The molecule has 0 atom stereocenters. The molecule has 0 radical (unpaired) electrons. The molecule has 8 heavy (non-hydrogen) atoms. The SMILES string of the molecule is O.O=C(O)C(=O)O.[Ce]. The molecular formula is C2H4CeO5. The first-order valence-corrected chi connectivity index (χ1v) is 1.11. The second-order valence-corrected chi connectivity index (χ2v) is 0.610. The molecule has 0 aliphatic rings. The van der Waals surface area contributed by atoms with Crippen LogP contribution in [0.2, 0.25) is 0 Å². The van der Waals surface area contributed by atoms with Gasteiger partial charge in [0.1, 0.15) is 0 Å². The van der Waals surface area contributed by atoms with E-state index >= 15 is 0 Å². The van der Waals surface area contributed by atoms with Crippen molar-refractivity contribution in [1.82, 2.24) is 0 Å². The molecule has 0 amide bonds. The van der Waals surface area contributed by atoms with Crippen molar-refractivity contribution in [2.75, 3.05) is 0 Å². The number of hydrogen-bond acceptors (Lipinski definition) is 2. The van der Waals surface area contributed by atoms with E-state index in [1.54, 1.807) is 0 Å². The minimum atomic E-state index is -1.82. The summed E-state index contributed by atoms with van der Waals surface area (Å²) < 4.78 is 0. The van der Waals surface area contributed by atoms with E-state index < -0.39 is 11.9 Å². The summed E-state index contributed by atoms with van der Waals surface area (Å²) in [7, 11) is 0. The van der Waals surface area contributed by atoms with E-state index in [4.69, 9.17) is 19.8 Å². The standard InChI is InChI=1S/C2H2O4.Ce.H2O/c3-1(4)2(5)6;;/h(H,3,4)(H,5,6);;1H2. The van der Waals surface area contributed by atoms with Crippen LogP contribution in [0.3, 0.4) is 0 Å². The van der Waals surface area contributed by atoms with E-state index in [1.807, 2.05) is 0 Å². The van der Waals surface area contributed by atoms with Gasteiger partial charge in [0.15, 0.2) is 0 Å². The van der Waals surface area contributed by atoms with Gasteiger partial charge in [-0.3, -0.25) is 0 Å². The van der Waals surface area contributed by atoms with Crippen molar-refractivity contribution in [3.8, 4) is 0 Å². The van der Waals surface area contributed by atoms with Gasteiger partial charge in [-0.1, -0.05) is 0 Å². The average molecular weight is 248 g/mol. The van der Waals surface area contributed by atoms with Crippen LogP contribution in [0, 0.1) is 41.7 Å². The molecule has 0 fully saturated rings. The van der Waals surface area contributed by atoms with Crippen molar-refractivity contribution in [3.05, 3.63) is 0 Å². The van der Waals surface area contributed by atoms with Crippen molar-refractivity contribution in [2.24, 2.45) is 0 Å². The maximum atomic E-state index is 9.10. The summed E-state index contributed by atoms with van der Waals surface area (Å²) in [5, 5.41) is 14.8. The fourth-order valence-corrected chi connectivity index (χ4v) is 0. The molecule has 0 aromatic rings. The molecule has 0 aliphatic heterocycles. The Balaban J connectivity index is -0.000000125. The van der Waals surface area contributed by atoms with E-state index in [2.05, 4.69) is 0 Å². The van der Waals surface area contributed by atoms with Gasteiger partial charge in [0.05, 0.1) is 0 Å². The summed E-state index contributed by atoms with van der Waals surface area (Å²) in [4.78, 5) is 18.2. The Labute approximate surface area is 78.4 Å². The van der Waals surface area contributed by atoms with Crippen molar-refractivity contribution in [1.29, 1.82) is 0 Å². The van der Waals surface area contributed by atoms with Gasteiger partial charge in [0.2, 0.25) is 0 Å². The number of carboxylic acid groups (broad SMARTS) is 2. The molecule has 0 aliphatic carbocycles. The topological polar surface area (TPSA) is 106 Å². The maximum Gasteiger partial charge on any atom is 0.414 e. The van der Waals surface area contributed by atoms with Crippen molar-refractivity contribution in [2.45, 2.75) is 0 Å². The first-order chi connectivity index (χ1) is 2.64. The third kappa shape index (κ3) is 9.56. The van der Waals surface area contributed by atoms with E-state index in [9.17, 15) is 0 Å². The minimum absolute atomic E-state index is 0. The summed E-state index contributed by atoms with van der Waals surface area (Å²) in [6, 6.07) is 0. The maximum absolute atomic E-state index is 9.10. The van der Waals surface area contributed by atoms with E-state index in [1.165, 1.54) is 0 Å². The van der Waals surface area contributed by atoms with Crippen LogP contribution in [0.4, 0.5) is 0 Å². The first-order valence-electron chi connectivity index (χ1n) is 1.11. The van der Waals surface area contributed by atoms with Crippen LogP contribution in [0.1, 0.15) is 0 Å². The third-order valence-electron chi connectivity index (χ3n) is 0.183. The molecule has 0 rings (SSSR count). The fourth-order valence-electron chi connectivity index (χ4n) is 0. The number of aliphatic carboxylic acids is 2. The molecule has 6 heteroatoms. The molecule has 0 aromatic carbocycles. The van der Waals surface area contributed by atoms with Crippen LogP contribution in [0.5, 0.6) is 0 Å². The Hall–Kier alpha value is 0.277. The molecule has 0 bridgehead atoms. The molecule has 0 saturated carbocycles. The van der Waals surface area contributed by atoms with Crippen molar-refractivity contribution < 1.29 is 67.0 Å². The normalized spacial score (nSPS) is 5.50. The summed E-state index contributed by atoms with van der Waals surface area (Å²) in [5.74, 6) is -3.65. The predicted octanol–water partition coefficient (Wildman–Crippen LogP) is -1.67. The van der Waals surface area contributed by atoms with Gasteiger partial charge in [0.25, 0.3) is 0 Å². The molecule has 0 heterocycles. The summed E-state index contributed by atoms with van der Waals surface area (Å²) in [6.45, 7) is 0. The van der Waals surface area contributed by atoms with Crippen molar-refractivity contribution in [3.63, 3.8) is 0 Å². The minimum Gasteiger partial charge on any atom is -0.473 e. The third-order valence-corrected chi connectivity index (χ3v) is 0.183. The number of carboxylic acids is 2. The van der Waals surface area contributed by atoms with Gasteiger partial charge in [-0.25, -0.2) is 9.59 Å². The van der Waals surface area contributed by atoms with Gasteiger partial charge in [-0.15, -0.1) is 0 Å². The van der Waals surface area contributed by atoms with Gasteiger partial charge >= 0.3 is 11.9 Å². The zero-order chi connectivity index (χ0) is 5.15. The van der Waals surface area contributed by atoms with Crippen LogP contribution in [-0.4, -0.2) is 27.6 Å². The van der Waals surface area contributed by atoms with Gasteiger partial charge in [-0.2, -0.15) is 0 Å². The molecule has 0 spiro atoms.